The van der Waals surface area contributed by atoms with E-state index < -0.39 is 0 Å². The van der Waals surface area contributed by atoms with E-state index in [0.29, 0.717) is 0 Å². The van der Waals surface area contributed by atoms with Crippen molar-refractivity contribution in [2.45, 2.75) is 27.2 Å². The summed E-state index contributed by atoms with van der Waals surface area (Å²) in [5.41, 5.74) is 2.82. The molecule has 3 heteroatoms. The van der Waals surface area contributed by atoms with Gasteiger partial charge in [-0.3, -0.25) is 0 Å². The fraction of sp³-hybridized carbons (Fsp3) is 0.235. The highest BCUT2D eigenvalue weighted by Crippen LogP contribution is 2.11. The molecule has 0 aliphatic heterocycles. The number of hydrogen-bond donors (Lipinski definition) is 2. The van der Waals surface area contributed by atoms with Crippen LogP contribution in [-0.4, -0.2) is 6.03 Å². The van der Waals surface area contributed by atoms with E-state index in [0.717, 1.165) is 17.8 Å². The zero-order chi connectivity index (χ0) is 14.8. The van der Waals surface area contributed by atoms with Crippen molar-refractivity contribution in [3.05, 3.63) is 60.2 Å². The number of urea groups is 1. The molecule has 2 rings (SSSR count). The van der Waals surface area contributed by atoms with Gasteiger partial charge in [0.2, 0.25) is 0 Å². The third-order valence-corrected chi connectivity index (χ3v) is 2.65. The fourth-order valence-corrected chi connectivity index (χ4v) is 1.64. The van der Waals surface area contributed by atoms with E-state index in [1.54, 1.807) is 0 Å². The van der Waals surface area contributed by atoms with Crippen LogP contribution in [0, 0.1) is 0 Å². The summed E-state index contributed by atoms with van der Waals surface area (Å²) in [7, 11) is 0. The first-order valence-corrected chi connectivity index (χ1v) is 7.00. The monoisotopic (exact) mass is 270 g/mol. The molecule has 0 heterocycles. The predicted octanol–water partition coefficient (Wildman–Crippen LogP) is 4.92. The lowest BCUT2D eigenvalue weighted by molar-refractivity contribution is 0.262. The first-order valence-electron chi connectivity index (χ1n) is 7.00. The van der Waals surface area contributed by atoms with Crippen LogP contribution < -0.4 is 10.6 Å². The lowest BCUT2D eigenvalue weighted by Gasteiger charge is -2.07. The number of anilines is 2. The summed E-state index contributed by atoms with van der Waals surface area (Å²) in [6, 6.07) is 17.0. The SMILES string of the molecule is CC.CCc1ccc(NC(=O)Nc2ccccc2)cc1. The second-order valence-electron chi connectivity index (χ2n) is 4.00. The zero-order valence-electron chi connectivity index (χ0n) is 12.3. The molecule has 3 nitrogen and oxygen atoms in total. The Morgan fingerprint density at radius 2 is 1.35 bits per heavy atom. The molecule has 2 N–H and O–H groups in total. The topological polar surface area (TPSA) is 41.1 Å². The standard InChI is InChI=1S/C15H16N2O.C2H6/c1-2-12-8-10-14(11-9-12)17-15(18)16-13-6-4-3-5-7-13;1-2/h3-11H,2H2,1H3,(H2,16,17,18);1-2H3. The van der Waals surface area contributed by atoms with Crippen molar-refractivity contribution >= 4 is 17.4 Å². The van der Waals surface area contributed by atoms with Crippen LogP contribution in [0.15, 0.2) is 54.6 Å². The quantitative estimate of drug-likeness (QED) is 0.816. The Hall–Kier alpha value is -2.29. The predicted molar refractivity (Wildman–Crippen MR) is 86.3 cm³/mol. The van der Waals surface area contributed by atoms with Crippen molar-refractivity contribution in [1.82, 2.24) is 0 Å². The molecular weight excluding hydrogens is 248 g/mol. The van der Waals surface area contributed by atoms with E-state index in [4.69, 9.17) is 0 Å². The second-order valence-corrected chi connectivity index (χ2v) is 4.00. The van der Waals surface area contributed by atoms with Crippen molar-refractivity contribution in [3.63, 3.8) is 0 Å². The molecule has 2 aromatic carbocycles. The molecule has 106 valence electrons. The van der Waals surface area contributed by atoms with Gasteiger partial charge in [0, 0.05) is 11.4 Å². The third-order valence-electron chi connectivity index (χ3n) is 2.65. The molecule has 0 bridgehead atoms. The second kappa shape index (κ2) is 8.75. The van der Waals surface area contributed by atoms with E-state index in [2.05, 4.69) is 17.6 Å². The van der Waals surface area contributed by atoms with Gasteiger partial charge in [-0.05, 0) is 36.2 Å². The smallest absolute Gasteiger partial charge is 0.308 e. The molecule has 0 atom stereocenters. The maximum absolute atomic E-state index is 11.7. The lowest BCUT2D eigenvalue weighted by Crippen LogP contribution is -2.19. The van der Waals surface area contributed by atoms with Gasteiger partial charge in [0.1, 0.15) is 0 Å². The largest absolute Gasteiger partial charge is 0.323 e. The Morgan fingerprint density at radius 3 is 1.85 bits per heavy atom. The van der Waals surface area contributed by atoms with Crippen molar-refractivity contribution in [3.8, 4) is 0 Å². The molecule has 0 saturated carbocycles. The van der Waals surface area contributed by atoms with E-state index in [9.17, 15) is 4.79 Å². The van der Waals surface area contributed by atoms with Crippen molar-refractivity contribution in [2.75, 3.05) is 10.6 Å². The van der Waals surface area contributed by atoms with Gasteiger partial charge in [0.25, 0.3) is 0 Å². The number of rotatable bonds is 3. The van der Waals surface area contributed by atoms with Crippen LogP contribution in [0.25, 0.3) is 0 Å². The highest BCUT2D eigenvalue weighted by molar-refractivity contribution is 5.99. The number of hydrogen-bond acceptors (Lipinski definition) is 1. The number of carbonyl (C=O) groups excluding carboxylic acids is 1. The number of amides is 2. The summed E-state index contributed by atoms with van der Waals surface area (Å²) in [6.07, 6.45) is 0.997. The van der Waals surface area contributed by atoms with Crippen LogP contribution in [0.1, 0.15) is 26.3 Å². The molecule has 20 heavy (non-hydrogen) atoms. The minimum absolute atomic E-state index is 0.231. The van der Waals surface area contributed by atoms with Gasteiger partial charge in [-0.2, -0.15) is 0 Å². The number of aryl methyl sites for hydroxylation is 1. The molecule has 2 aromatic rings. The van der Waals surface area contributed by atoms with Crippen LogP contribution in [0.2, 0.25) is 0 Å². The molecule has 0 radical (unpaired) electrons. The van der Waals surface area contributed by atoms with Crippen LogP contribution in [0.5, 0.6) is 0 Å². The average molecular weight is 270 g/mol. The Bertz CT molecular complexity index is 506. The number of nitrogens with one attached hydrogen (secondary N) is 2. The fourth-order valence-electron chi connectivity index (χ4n) is 1.64. The number of carbonyl (C=O) groups is 1. The van der Waals surface area contributed by atoms with Gasteiger partial charge in [-0.25, -0.2) is 4.79 Å². The Kier molecular flexibility index (Phi) is 6.90. The Labute approximate surface area is 121 Å². The van der Waals surface area contributed by atoms with Gasteiger partial charge in [-0.1, -0.05) is 51.1 Å². The van der Waals surface area contributed by atoms with Gasteiger partial charge in [0.05, 0.1) is 0 Å². The van der Waals surface area contributed by atoms with Gasteiger partial charge < -0.3 is 10.6 Å². The number of benzene rings is 2. The van der Waals surface area contributed by atoms with Gasteiger partial charge >= 0.3 is 6.03 Å². The van der Waals surface area contributed by atoms with E-state index >= 15 is 0 Å². The van der Waals surface area contributed by atoms with Crippen molar-refractivity contribution in [2.24, 2.45) is 0 Å². The molecule has 0 spiro atoms. The van der Waals surface area contributed by atoms with Crippen LogP contribution >= 0.6 is 0 Å². The zero-order valence-corrected chi connectivity index (χ0v) is 12.3. The molecule has 0 aliphatic rings. The Balaban J connectivity index is 0.000000956. The summed E-state index contributed by atoms with van der Waals surface area (Å²) < 4.78 is 0. The molecule has 0 aromatic heterocycles. The summed E-state index contributed by atoms with van der Waals surface area (Å²) in [6.45, 7) is 6.10. The average Bonchev–Trinajstić information content (AvgIpc) is 2.51. The van der Waals surface area contributed by atoms with Crippen molar-refractivity contribution < 1.29 is 4.79 Å². The molecule has 0 fully saturated rings. The lowest BCUT2D eigenvalue weighted by atomic mass is 10.1. The molecule has 2 amide bonds. The minimum Gasteiger partial charge on any atom is -0.308 e. The summed E-state index contributed by atoms with van der Waals surface area (Å²) in [5, 5.41) is 5.56. The van der Waals surface area contributed by atoms with E-state index in [1.807, 2.05) is 68.4 Å². The third kappa shape index (κ3) is 5.14. The normalized spacial score (nSPS) is 9.15. The highest BCUT2D eigenvalue weighted by atomic mass is 16.2. The molecule has 0 aliphatic carbocycles. The maximum atomic E-state index is 11.7. The van der Waals surface area contributed by atoms with Crippen LogP contribution in [0.4, 0.5) is 16.2 Å². The molecule has 0 saturated heterocycles. The van der Waals surface area contributed by atoms with Crippen molar-refractivity contribution in [1.29, 1.82) is 0 Å². The highest BCUT2D eigenvalue weighted by Gasteiger charge is 2.01. The first kappa shape index (κ1) is 15.8. The summed E-state index contributed by atoms with van der Waals surface area (Å²) >= 11 is 0. The van der Waals surface area contributed by atoms with Crippen LogP contribution in [-0.2, 0) is 6.42 Å². The summed E-state index contributed by atoms with van der Waals surface area (Å²) in [5.74, 6) is 0. The van der Waals surface area contributed by atoms with E-state index in [-0.39, 0.29) is 6.03 Å². The molecular formula is C17H22N2O. The maximum Gasteiger partial charge on any atom is 0.323 e. The van der Waals surface area contributed by atoms with Crippen LogP contribution in [0.3, 0.4) is 0 Å². The Morgan fingerprint density at radius 1 is 0.850 bits per heavy atom. The summed E-state index contributed by atoms with van der Waals surface area (Å²) in [4.78, 5) is 11.7. The minimum atomic E-state index is -0.231. The van der Waals surface area contributed by atoms with Gasteiger partial charge in [-0.15, -0.1) is 0 Å². The first-order chi connectivity index (χ1) is 9.78. The van der Waals surface area contributed by atoms with E-state index in [1.165, 1.54) is 5.56 Å². The number of para-hydroxylation sites is 1. The van der Waals surface area contributed by atoms with Gasteiger partial charge in [0.15, 0.2) is 0 Å². The molecule has 0 unspecified atom stereocenters.